The van der Waals surface area contributed by atoms with E-state index in [4.69, 9.17) is 11.6 Å². The molecule has 0 spiro atoms. The van der Waals surface area contributed by atoms with Crippen molar-refractivity contribution in [2.75, 3.05) is 0 Å². The Kier molecular flexibility index (Phi) is 3.54. The maximum Gasteiger partial charge on any atom is 0.196 e. The molecular weight excluding hydrogens is 352 g/mol. The van der Waals surface area contributed by atoms with E-state index in [0.717, 1.165) is 9.99 Å². The minimum Gasteiger partial charge on any atom is -0.360 e. The monoisotopic (exact) mass is 358 g/mol. The van der Waals surface area contributed by atoms with Gasteiger partial charge in [-0.1, -0.05) is 33.6 Å². The SMILES string of the molecule is N#Cc1cccc2[nH]cc(C(=O)c3ccc(Br)cc3Cl)c12. The van der Waals surface area contributed by atoms with Gasteiger partial charge in [-0.2, -0.15) is 5.26 Å². The van der Waals surface area contributed by atoms with Crippen LogP contribution in [0, 0.1) is 11.3 Å². The number of carbonyl (C=O) groups excluding carboxylic acids is 1. The molecule has 0 bridgehead atoms. The Balaban J connectivity index is 2.21. The van der Waals surface area contributed by atoms with Gasteiger partial charge in [0.05, 0.1) is 16.7 Å². The number of aromatic amines is 1. The zero-order valence-corrected chi connectivity index (χ0v) is 13.0. The lowest BCUT2D eigenvalue weighted by molar-refractivity contribution is 0.104. The first-order valence-corrected chi connectivity index (χ1v) is 7.29. The lowest BCUT2D eigenvalue weighted by Crippen LogP contribution is -2.02. The van der Waals surface area contributed by atoms with E-state index in [2.05, 4.69) is 27.0 Å². The molecule has 21 heavy (non-hydrogen) atoms. The van der Waals surface area contributed by atoms with Crippen molar-refractivity contribution in [3.63, 3.8) is 0 Å². The van der Waals surface area contributed by atoms with Gasteiger partial charge in [-0.25, -0.2) is 0 Å². The van der Waals surface area contributed by atoms with Crippen molar-refractivity contribution in [3.8, 4) is 6.07 Å². The van der Waals surface area contributed by atoms with Crippen molar-refractivity contribution in [2.45, 2.75) is 0 Å². The van der Waals surface area contributed by atoms with Gasteiger partial charge in [0, 0.05) is 32.7 Å². The first-order valence-electron chi connectivity index (χ1n) is 6.12. The third-order valence-electron chi connectivity index (χ3n) is 3.25. The third kappa shape index (κ3) is 2.35. The van der Waals surface area contributed by atoms with E-state index in [-0.39, 0.29) is 5.78 Å². The molecule has 2 aromatic carbocycles. The molecule has 0 saturated heterocycles. The van der Waals surface area contributed by atoms with Crippen LogP contribution in [0.5, 0.6) is 0 Å². The molecule has 5 heteroatoms. The molecule has 0 aliphatic carbocycles. The van der Waals surface area contributed by atoms with Gasteiger partial charge in [-0.15, -0.1) is 0 Å². The van der Waals surface area contributed by atoms with Crippen LogP contribution in [-0.4, -0.2) is 10.8 Å². The van der Waals surface area contributed by atoms with E-state index in [1.165, 1.54) is 0 Å². The number of ketones is 1. The summed E-state index contributed by atoms with van der Waals surface area (Å²) in [6, 6.07) is 12.5. The number of hydrogen-bond acceptors (Lipinski definition) is 2. The van der Waals surface area contributed by atoms with Gasteiger partial charge in [0.15, 0.2) is 5.78 Å². The lowest BCUT2D eigenvalue weighted by atomic mass is 10.00. The van der Waals surface area contributed by atoms with E-state index >= 15 is 0 Å². The first-order chi connectivity index (χ1) is 10.1. The first kappa shape index (κ1) is 13.9. The number of hydrogen-bond donors (Lipinski definition) is 1. The molecule has 1 N–H and O–H groups in total. The number of halogens is 2. The van der Waals surface area contributed by atoms with E-state index in [0.29, 0.717) is 27.1 Å². The van der Waals surface area contributed by atoms with Gasteiger partial charge in [0.2, 0.25) is 0 Å². The fourth-order valence-electron chi connectivity index (χ4n) is 2.28. The summed E-state index contributed by atoms with van der Waals surface area (Å²) < 4.78 is 0.806. The molecular formula is C16H8BrClN2O. The Morgan fingerprint density at radius 3 is 2.76 bits per heavy atom. The number of benzene rings is 2. The van der Waals surface area contributed by atoms with Gasteiger partial charge >= 0.3 is 0 Å². The number of nitriles is 1. The fourth-order valence-corrected chi connectivity index (χ4v) is 3.04. The molecule has 0 aliphatic rings. The molecule has 1 aromatic heterocycles. The number of rotatable bonds is 2. The van der Waals surface area contributed by atoms with Crippen molar-refractivity contribution in [1.29, 1.82) is 5.26 Å². The second kappa shape index (κ2) is 5.36. The highest BCUT2D eigenvalue weighted by molar-refractivity contribution is 9.10. The molecule has 0 fully saturated rings. The standard InChI is InChI=1S/C16H8BrClN2O/c17-10-4-5-11(13(18)6-10)16(21)12-8-20-14-3-1-2-9(7-19)15(12)14/h1-6,8,20H. The van der Waals surface area contributed by atoms with Crippen LogP contribution in [0.1, 0.15) is 21.5 Å². The minimum absolute atomic E-state index is 0.207. The normalized spacial score (nSPS) is 10.5. The summed E-state index contributed by atoms with van der Waals surface area (Å²) in [5.74, 6) is -0.207. The van der Waals surface area contributed by atoms with Crippen molar-refractivity contribution in [1.82, 2.24) is 4.98 Å². The zero-order chi connectivity index (χ0) is 15.0. The van der Waals surface area contributed by atoms with Gasteiger partial charge in [0.25, 0.3) is 0 Å². The molecule has 0 atom stereocenters. The Hall–Kier alpha value is -2.09. The highest BCUT2D eigenvalue weighted by Crippen LogP contribution is 2.28. The minimum atomic E-state index is -0.207. The van der Waals surface area contributed by atoms with E-state index in [1.807, 2.05) is 6.07 Å². The van der Waals surface area contributed by atoms with E-state index in [1.54, 1.807) is 36.5 Å². The summed E-state index contributed by atoms with van der Waals surface area (Å²) >= 11 is 9.45. The summed E-state index contributed by atoms with van der Waals surface area (Å²) in [6.07, 6.45) is 1.62. The van der Waals surface area contributed by atoms with Crippen molar-refractivity contribution >= 4 is 44.2 Å². The quantitative estimate of drug-likeness (QED) is 0.675. The zero-order valence-electron chi connectivity index (χ0n) is 10.7. The molecule has 0 saturated carbocycles. The second-order valence-electron chi connectivity index (χ2n) is 4.50. The van der Waals surface area contributed by atoms with Crippen LogP contribution in [0.15, 0.2) is 47.1 Å². The predicted octanol–water partition coefficient (Wildman–Crippen LogP) is 4.69. The predicted molar refractivity (Wildman–Crippen MR) is 85.6 cm³/mol. The van der Waals surface area contributed by atoms with Crippen molar-refractivity contribution < 1.29 is 4.79 Å². The number of nitrogens with zero attached hydrogens (tertiary/aromatic N) is 1. The smallest absolute Gasteiger partial charge is 0.196 e. The molecule has 0 aliphatic heterocycles. The topological polar surface area (TPSA) is 56.6 Å². The van der Waals surface area contributed by atoms with Crippen LogP contribution in [0.2, 0.25) is 5.02 Å². The lowest BCUT2D eigenvalue weighted by Gasteiger charge is -2.04. The van der Waals surface area contributed by atoms with Gasteiger partial charge < -0.3 is 4.98 Å². The summed E-state index contributed by atoms with van der Waals surface area (Å²) in [4.78, 5) is 15.7. The number of fused-ring (bicyclic) bond motifs is 1. The van der Waals surface area contributed by atoms with Gasteiger partial charge in [-0.3, -0.25) is 4.79 Å². The Labute approximate surface area is 134 Å². The summed E-state index contributed by atoms with van der Waals surface area (Å²) in [5, 5.41) is 10.2. The Morgan fingerprint density at radius 1 is 1.24 bits per heavy atom. The van der Waals surface area contributed by atoms with Crippen LogP contribution < -0.4 is 0 Å². The second-order valence-corrected chi connectivity index (χ2v) is 5.82. The highest BCUT2D eigenvalue weighted by Gasteiger charge is 2.18. The average Bonchev–Trinajstić information content (AvgIpc) is 2.90. The molecule has 3 rings (SSSR count). The summed E-state index contributed by atoms with van der Waals surface area (Å²) in [5.41, 5.74) is 2.08. The van der Waals surface area contributed by atoms with E-state index < -0.39 is 0 Å². The number of aromatic nitrogens is 1. The molecule has 0 amide bonds. The fraction of sp³-hybridized carbons (Fsp3) is 0. The van der Waals surface area contributed by atoms with Crippen molar-refractivity contribution in [2.24, 2.45) is 0 Å². The molecule has 3 aromatic rings. The number of H-pyrrole nitrogens is 1. The average molecular weight is 360 g/mol. The third-order valence-corrected chi connectivity index (χ3v) is 4.05. The van der Waals surface area contributed by atoms with Crippen molar-refractivity contribution in [3.05, 3.63) is 68.8 Å². The molecule has 102 valence electrons. The van der Waals surface area contributed by atoms with Crippen LogP contribution in [0.4, 0.5) is 0 Å². The Bertz CT molecular complexity index is 908. The van der Waals surface area contributed by atoms with Crippen LogP contribution >= 0.6 is 27.5 Å². The Morgan fingerprint density at radius 2 is 2.05 bits per heavy atom. The summed E-state index contributed by atoms with van der Waals surface area (Å²) in [7, 11) is 0. The number of nitrogens with one attached hydrogen (secondary N) is 1. The molecule has 0 unspecified atom stereocenters. The van der Waals surface area contributed by atoms with E-state index in [9.17, 15) is 10.1 Å². The highest BCUT2D eigenvalue weighted by atomic mass is 79.9. The van der Waals surface area contributed by atoms with Crippen LogP contribution in [0.25, 0.3) is 10.9 Å². The largest absolute Gasteiger partial charge is 0.360 e. The molecule has 0 radical (unpaired) electrons. The summed E-state index contributed by atoms with van der Waals surface area (Å²) in [6.45, 7) is 0. The number of carbonyl (C=O) groups is 1. The van der Waals surface area contributed by atoms with Crippen LogP contribution in [-0.2, 0) is 0 Å². The van der Waals surface area contributed by atoms with Gasteiger partial charge in [-0.05, 0) is 30.3 Å². The molecule has 1 heterocycles. The maximum absolute atomic E-state index is 12.7. The maximum atomic E-state index is 12.7. The van der Waals surface area contributed by atoms with Crippen LogP contribution in [0.3, 0.4) is 0 Å². The molecule has 3 nitrogen and oxygen atoms in total. The van der Waals surface area contributed by atoms with Gasteiger partial charge in [0.1, 0.15) is 0 Å².